The van der Waals surface area contributed by atoms with E-state index in [0.29, 0.717) is 29.6 Å². The lowest BCUT2D eigenvalue weighted by atomic mass is 10.1. The first-order valence-corrected chi connectivity index (χ1v) is 8.47. The van der Waals surface area contributed by atoms with Crippen LogP contribution in [0.2, 0.25) is 0 Å². The molecule has 0 fully saturated rings. The summed E-state index contributed by atoms with van der Waals surface area (Å²) in [7, 11) is 3.14. The number of hydrogen-bond acceptors (Lipinski definition) is 5. The van der Waals surface area contributed by atoms with Crippen LogP contribution in [-0.4, -0.2) is 38.4 Å². The van der Waals surface area contributed by atoms with E-state index >= 15 is 0 Å². The van der Waals surface area contributed by atoms with Gasteiger partial charge in [0.05, 0.1) is 26.9 Å². The zero-order valence-electron chi connectivity index (χ0n) is 13.9. The number of nitrogens with zero attached hydrogens (tertiary/aromatic N) is 1. The number of guanidine groups is 1. The summed E-state index contributed by atoms with van der Waals surface area (Å²) in [6.07, 6.45) is 0.107. The number of nitrogens with one attached hydrogen (secondary N) is 1. The number of aliphatic imine (C=N–C) groups is 1. The van der Waals surface area contributed by atoms with Gasteiger partial charge < -0.3 is 25.6 Å². The molecule has 0 aliphatic heterocycles. The quantitative estimate of drug-likeness (QED) is 0.501. The Labute approximate surface area is 145 Å². The molecule has 0 radical (unpaired) electrons. The SMILES string of the molecule is COc1cc(OC)cc(C(O)CN=C(N)NCCc2cccs2)c1. The van der Waals surface area contributed by atoms with Crippen LogP contribution >= 0.6 is 11.3 Å². The molecular weight excluding hydrogens is 326 g/mol. The van der Waals surface area contributed by atoms with Crippen molar-refractivity contribution in [3.05, 3.63) is 46.2 Å². The summed E-state index contributed by atoms with van der Waals surface area (Å²) >= 11 is 1.71. The maximum absolute atomic E-state index is 10.3. The van der Waals surface area contributed by atoms with E-state index in [-0.39, 0.29) is 6.54 Å². The fourth-order valence-corrected chi connectivity index (χ4v) is 2.85. The minimum Gasteiger partial charge on any atom is -0.497 e. The molecule has 1 atom stereocenters. The fourth-order valence-electron chi connectivity index (χ4n) is 2.14. The van der Waals surface area contributed by atoms with E-state index < -0.39 is 6.10 Å². The average molecular weight is 349 g/mol. The summed E-state index contributed by atoms with van der Waals surface area (Å²) in [5.41, 5.74) is 6.50. The van der Waals surface area contributed by atoms with E-state index in [2.05, 4.69) is 16.4 Å². The van der Waals surface area contributed by atoms with Crippen molar-refractivity contribution in [1.82, 2.24) is 5.32 Å². The number of aliphatic hydroxyl groups excluding tert-OH is 1. The molecule has 0 aliphatic rings. The highest BCUT2D eigenvalue weighted by atomic mass is 32.1. The van der Waals surface area contributed by atoms with Crippen LogP contribution in [0.5, 0.6) is 11.5 Å². The first kappa shape index (κ1) is 18.1. The Morgan fingerprint density at radius 3 is 2.58 bits per heavy atom. The first-order valence-electron chi connectivity index (χ1n) is 7.59. The standard InChI is InChI=1S/C17H23N3O3S/c1-22-13-8-12(9-14(10-13)23-2)16(21)11-20-17(18)19-6-5-15-4-3-7-24-15/h3-4,7-10,16,21H,5-6,11H2,1-2H3,(H3,18,19,20). The van der Waals surface area contributed by atoms with Crippen LogP contribution in [0.4, 0.5) is 0 Å². The van der Waals surface area contributed by atoms with E-state index in [1.165, 1.54) is 4.88 Å². The number of thiophene rings is 1. The van der Waals surface area contributed by atoms with Gasteiger partial charge in [-0.1, -0.05) is 6.07 Å². The first-order chi connectivity index (χ1) is 11.6. The molecule has 7 heteroatoms. The van der Waals surface area contributed by atoms with Crippen LogP contribution in [-0.2, 0) is 6.42 Å². The molecule has 0 amide bonds. The number of ether oxygens (including phenoxy) is 2. The number of benzene rings is 1. The average Bonchev–Trinajstić information content (AvgIpc) is 3.12. The van der Waals surface area contributed by atoms with Gasteiger partial charge in [-0.2, -0.15) is 0 Å². The Kier molecular flexibility index (Phi) is 6.89. The zero-order valence-corrected chi connectivity index (χ0v) is 14.7. The molecule has 0 saturated heterocycles. The lowest BCUT2D eigenvalue weighted by molar-refractivity contribution is 0.186. The predicted molar refractivity (Wildman–Crippen MR) is 97.0 cm³/mol. The number of hydrogen-bond donors (Lipinski definition) is 3. The van der Waals surface area contributed by atoms with E-state index in [1.54, 1.807) is 43.8 Å². The molecule has 0 saturated carbocycles. The molecule has 1 unspecified atom stereocenters. The van der Waals surface area contributed by atoms with Crippen LogP contribution in [0.15, 0.2) is 40.7 Å². The minimum absolute atomic E-state index is 0.161. The second-order valence-electron chi connectivity index (χ2n) is 5.14. The molecule has 0 bridgehead atoms. The van der Waals surface area contributed by atoms with Crippen molar-refractivity contribution in [2.75, 3.05) is 27.3 Å². The molecule has 2 rings (SSSR count). The van der Waals surface area contributed by atoms with Crippen molar-refractivity contribution in [1.29, 1.82) is 0 Å². The van der Waals surface area contributed by atoms with Gasteiger partial charge in [0.1, 0.15) is 11.5 Å². The predicted octanol–water partition coefficient (Wildman–Crippen LogP) is 1.95. The van der Waals surface area contributed by atoms with Crippen molar-refractivity contribution >= 4 is 17.3 Å². The van der Waals surface area contributed by atoms with Gasteiger partial charge in [0.25, 0.3) is 0 Å². The highest BCUT2D eigenvalue weighted by Gasteiger charge is 2.11. The van der Waals surface area contributed by atoms with Gasteiger partial charge in [0.15, 0.2) is 5.96 Å². The third kappa shape index (κ3) is 5.43. The molecule has 130 valence electrons. The monoisotopic (exact) mass is 349 g/mol. The normalized spacial score (nSPS) is 12.7. The molecule has 6 nitrogen and oxygen atoms in total. The number of nitrogens with two attached hydrogens (primary N) is 1. The van der Waals surface area contributed by atoms with Gasteiger partial charge in [-0.3, -0.25) is 4.99 Å². The Bertz CT molecular complexity index is 637. The Morgan fingerprint density at radius 1 is 1.29 bits per heavy atom. The van der Waals surface area contributed by atoms with Crippen molar-refractivity contribution in [3.63, 3.8) is 0 Å². The molecule has 0 spiro atoms. The summed E-state index contributed by atoms with van der Waals surface area (Å²) in [6, 6.07) is 9.36. The van der Waals surface area contributed by atoms with Crippen LogP contribution in [0.1, 0.15) is 16.5 Å². The van der Waals surface area contributed by atoms with Crippen molar-refractivity contribution < 1.29 is 14.6 Å². The van der Waals surface area contributed by atoms with Crippen LogP contribution in [0.25, 0.3) is 0 Å². The van der Waals surface area contributed by atoms with Crippen molar-refractivity contribution in [2.45, 2.75) is 12.5 Å². The molecule has 1 aromatic heterocycles. The molecule has 2 aromatic rings. The van der Waals surface area contributed by atoms with Crippen LogP contribution in [0.3, 0.4) is 0 Å². The Morgan fingerprint density at radius 2 is 2.00 bits per heavy atom. The fraction of sp³-hybridized carbons (Fsp3) is 0.353. The smallest absolute Gasteiger partial charge is 0.188 e. The lowest BCUT2D eigenvalue weighted by Gasteiger charge is -2.13. The Hall–Kier alpha value is -2.25. The van der Waals surface area contributed by atoms with Gasteiger partial charge in [-0.25, -0.2) is 0 Å². The molecule has 4 N–H and O–H groups in total. The highest BCUT2D eigenvalue weighted by molar-refractivity contribution is 7.09. The molecule has 24 heavy (non-hydrogen) atoms. The maximum Gasteiger partial charge on any atom is 0.188 e. The van der Waals surface area contributed by atoms with Gasteiger partial charge in [0.2, 0.25) is 0 Å². The summed E-state index contributed by atoms with van der Waals surface area (Å²) in [4.78, 5) is 5.48. The topological polar surface area (TPSA) is 89.1 Å². The second-order valence-corrected chi connectivity index (χ2v) is 6.18. The lowest BCUT2D eigenvalue weighted by Crippen LogP contribution is -2.33. The minimum atomic E-state index is -0.786. The second kappa shape index (κ2) is 9.14. The van der Waals surface area contributed by atoms with E-state index in [1.807, 2.05) is 11.4 Å². The van der Waals surface area contributed by atoms with Gasteiger partial charge in [0, 0.05) is 17.5 Å². The largest absolute Gasteiger partial charge is 0.497 e. The third-order valence-electron chi connectivity index (χ3n) is 3.45. The summed E-state index contributed by atoms with van der Waals surface area (Å²) < 4.78 is 10.4. The third-order valence-corrected chi connectivity index (χ3v) is 4.39. The van der Waals surface area contributed by atoms with E-state index in [0.717, 1.165) is 6.42 Å². The van der Waals surface area contributed by atoms with Crippen LogP contribution < -0.4 is 20.5 Å². The summed E-state index contributed by atoms with van der Waals surface area (Å²) in [5.74, 6) is 1.56. The summed E-state index contributed by atoms with van der Waals surface area (Å²) in [6.45, 7) is 0.868. The van der Waals surface area contributed by atoms with E-state index in [4.69, 9.17) is 15.2 Å². The highest BCUT2D eigenvalue weighted by Crippen LogP contribution is 2.26. The van der Waals surface area contributed by atoms with Gasteiger partial charge >= 0.3 is 0 Å². The maximum atomic E-state index is 10.3. The molecular formula is C17H23N3O3S. The van der Waals surface area contributed by atoms with E-state index in [9.17, 15) is 5.11 Å². The van der Waals surface area contributed by atoms with Crippen LogP contribution in [0, 0.1) is 0 Å². The molecule has 1 heterocycles. The van der Waals surface area contributed by atoms with Gasteiger partial charge in [-0.15, -0.1) is 11.3 Å². The van der Waals surface area contributed by atoms with Crippen molar-refractivity contribution in [2.24, 2.45) is 10.7 Å². The zero-order chi connectivity index (χ0) is 17.4. The Balaban J connectivity index is 1.87. The van der Waals surface area contributed by atoms with Crippen molar-refractivity contribution in [3.8, 4) is 11.5 Å². The van der Waals surface area contributed by atoms with Gasteiger partial charge in [-0.05, 0) is 35.6 Å². The summed E-state index contributed by atoms with van der Waals surface area (Å²) in [5, 5.41) is 15.4. The molecule has 0 aliphatic carbocycles. The number of rotatable bonds is 8. The number of methoxy groups -OCH3 is 2. The molecule has 1 aromatic carbocycles. The number of aliphatic hydroxyl groups is 1.